The summed E-state index contributed by atoms with van der Waals surface area (Å²) in [7, 11) is 1.48. The molecule has 0 bridgehead atoms. The molecule has 2 heterocycles. The molecule has 1 saturated heterocycles. The van der Waals surface area contributed by atoms with Crippen LogP contribution in [0, 0.1) is 5.82 Å². The molecule has 0 spiro atoms. The highest BCUT2D eigenvalue weighted by atomic mass is 19.1. The lowest BCUT2D eigenvalue weighted by Gasteiger charge is -2.27. The van der Waals surface area contributed by atoms with Crippen LogP contribution in [-0.2, 0) is 14.3 Å². The van der Waals surface area contributed by atoms with E-state index in [4.69, 9.17) is 9.47 Å². The molecule has 0 saturated carbocycles. The summed E-state index contributed by atoms with van der Waals surface area (Å²) in [5, 5.41) is 0. The molecule has 29 heavy (non-hydrogen) atoms. The van der Waals surface area contributed by atoms with Crippen molar-refractivity contribution >= 4 is 29.3 Å². The Labute approximate surface area is 168 Å². The summed E-state index contributed by atoms with van der Waals surface area (Å²) in [6.45, 7) is 5.65. The Bertz CT molecular complexity index is 864. The summed E-state index contributed by atoms with van der Waals surface area (Å²) in [6, 6.07) is 4.37. The van der Waals surface area contributed by atoms with Gasteiger partial charge in [0.2, 0.25) is 0 Å². The van der Waals surface area contributed by atoms with Gasteiger partial charge in [-0.3, -0.25) is 14.6 Å². The van der Waals surface area contributed by atoms with E-state index in [-0.39, 0.29) is 12.3 Å². The molecule has 0 radical (unpaired) electrons. The quantitative estimate of drug-likeness (QED) is 0.768. The highest BCUT2D eigenvalue weighted by Crippen LogP contribution is 2.29. The fourth-order valence-corrected chi connectivity index (χ4v) is 2.97. The Hall–Kier alpha value is -3.10. The zero-order valence-electron chi connectivity index (χ0n) is 16.8. The van der Waals surface area contributed by atoms with Crippen molar-refractivity contribution in [3.05, 3.63) is 36.3 Å². The molecule has 0 N–H and O–H groups in total. The number of likely N-dealkylation sites (N-methyl/N-ethyl adjacent to an activating group) is 1. The molecule has 1 atom stereocenters. The second-order valence-electron chi connectivity index (χ2n) is 7.90. The molecule has 1 aromatic carbocycles. The summed E-state index contributed by atoms with van der Waals surface area (Å²) >= 11 is 0. The van der Waals surface area contributed by atoms with Crippen molar-refractivity contribution in [1.29, 1.82) is 0 Å². The Balaban J connectivity index is 1.72. The molecule has 2 aliphatic heterocycles. The molecule has 9 heteroatoms. The van der Waals surface area contributed by atoms with Crippen LogP contribution in [0.3, 0.4) is 0 Å². The van der Waals surface area contributed by atoms with Crippen molar-refractivity contribution in [3.63, 3.8) is 0 Å². The van der Waals surface area contributed by atoms with Gasteiger partial charge in [0.1, 0.15) is 11.4 Å². The maximum absolute atomic E-state index is 14.7. The van der Waals surface area contributed by atoms with Crippen LogP contribution in [0.5, 0.6) is 0 Å². The third kappa shape index (κ3) is 4.67. The molecule has 1 aromatic rings. The van der Waals surface area contributed by atoms with Gasteiger partial charge >= 0.3 is 12.2 Å². The van der Waals surface area contributed by atoms with Gasteiger partial charge in [0.05, 0.1) is 17.9 Å². The largest absolute Gasteiger partial charge is 0.444 e. The number of ether oxygens (including phenoxy) is 2. The number of halogens is 1. The summed E-state index contributed by atoms with van der Waals surface area (Å²) in [5.41, 5.74) is -0.0546. The number of carbonyl (C=O) groups is 3. The lowest BCUT2D eigenvalue weighted by Crippen LogP contribution is -2.42. The third-order valence-corrected chi connectivity index (χ3v) is 4.50. The topological polar surface area (TPSA) is 79.4 Å². The number of ketones is 1. The van der Waals surface area contributed by atoms with Gasteiger partial charge in [-0.25, -0.2) is 14.0 Å². The highest BCUT2D eigenvalue weighted by Gasteiger charge is 2.38. The first-order valence-corrected chi connectivity index (χ1v) is 9.26. The van der Waals surface area contributed by atoms with Crippen LogP contribution >= 0.6 is 0 Å². The first kappa shape index (κ1) is 20.6. The number of nitrogens with zero attached hydrogens (tertiary/aromatic N) is 3. The molecular weight excluding hydrogens is 381 g/mol. The number of benzene rings is 1. The third-order valence-electron chi connectivity index (χ3n) is 4.50. The Morgan fingerprint density at radius 3 is 2.62 bits per heavy atom. The summed E-state index contributed by atoms with van der Waals surface area (Å²) < 4.78 is 25.2. The zero-order valence-corrected chi connectivity index (χ0v) is 16.8. The summed E-state index contributed by atoms with van der Waals surface area (Å²) in [4.78, 5) is 39.9. The average molecular weight is 405 g/mol. The Morgan fingerprint density at radius 1 is 1.31 bits per heavy atom. The molecule has 0 aromatic heterocycles. The molecular formula is C20H24FN3O5. The maximum Gasteiger partial charge on any atom is 0.416 e. The first-order chi connectivity index (χ1) is 13.5. The molecule has 156 valence electrons. The van der Waals surface area contributed by atoms with Gasteiger partial charge in [0.15, 0.2) is 12.0 Å². The van der Waals surface area contributed by atoms with E-state index in [2.05, 4.69) is 0 Å². The van der Waals surface area contributed by atoms with Crippen molar-refractivity contribution < 1.29 is 28.2 Å². The minimum atomic E-state index is -0.851. The van der Waals surface area contributed by atoms with Crippen LogP contribution in [0.25, 0.3) is 0 Å². The van der Waals surface area contributed by atoms with Gasteiger partial charge < -0.3 is 14.4 Å². The van der Waals surface area contributed by atoms with Crippen LogP contribution in [0.2, 0.25) is 0 Å². The van der Waals surface area contributed by atoms with E-state index in [1.165, 1.54) is 29.0 Å². The second kappa shape index (κ2) is 7.73. The van der Waals surface area contributed by atoms with Crippen molar-refractivity contribution in [2.24, 2.45) is 0 Å². The van der Waals surface area contributed by atoms with Crippen molar-refractivity contribution in [3.8, 4) is 0 Å². The molecule has 2 amide bonds. The van der Waals surface area contributed by atoms with Crippen LogP contribution in [0.4, 0.5) is 25.4 Å². The minimum Gasteiger partial charge on any atom is -0.444 e. The van der Waals surface area contributed by atoms with Gasteiger partial charge in [-0.05, 0) is 45.0 Å². The number of anilines is 2. The summed E-state index contributed by atoms with van der Waals surface area (Å²) in [5.74, 6) is -0.531. The molecule has 0 unspecified atom stereocenters. The Morgan fingerprint density at radius 2 is 2.03 bits per heavy atom. The van der Waals surface area contributed by atoms with Gasteiger partial charge in [0.25, 0.3) is 0 Å². The van der Waals surface area contributed by atoms with Crippen LogP contribution in [0.1, 0.15) is 27.2 Å². The maximum atomic E-state index is 14.7. The van der Waals surface area contributed by atoms with Gasteiger partial charge in [0, 0.05) is 26.2 Å². The second-order valence-corrected chi connectivity index (χ2v) is 7.90. The Kier molecular flexibility index (Phi) is 5.50. The van der Waals surface area contributed by atoms with E-state index in [0.717, 1.165) is 0 Å². The number of carbonyl (C=O) groups excluding carboxylic acids is 3. The number of rotatable bonds is 3. The van der Waals surface area contributed by atoms with E-state index in [1.807, 2.05) is 0 Å². The number of hydrogen-bond donors (Lipinski definition) is 0. The van der Waals surface area contributed by atoms with Crippen LogP contribution < -0.4 is 9.80 Å². The predicted molar refractivity (Wildman–Crippen MR) is 104 cm³/mol. The van der Waals surface area contributed by atoms with Gasteiger partial charge in [-0.1, -0.05) is 0 Å². The lowest BCUT2D eigenvalue weighted by molar-refractivity contribution is -0.114. The number of cyclic esters (lactones) is 1. The number of amides is 2. The normalized spacial score (nSPS) is 19.4. The van der Waals surface area contributed by atoms with E-state index in [0.29, 0.717) is 24.3 Å². The molecule has 8 nitrogen and oxygen atoms in total. The van der Waals surface area contributed by atoms with Crippen molar-refractivity contribution in [2.75, 3.05) is 29.9 Å². The number of hydrogen-bond acceptors (Lipinski definition) is 6. The van der Waals surface area contributed by atoms with E-state index in [1.54, 1.807) is 44.0 Å². The first-order valence-electron chi connectivity index (χ1n) is 9.26. The van der Waals surface area contributed by atoms with Crippen molar-refractivity contribution in [1.82, 2.24) is 4.90 Å². The fraction of sp³-hybridized carbons (Fsp3) is 0.450. The molecule has 3 rings (SSSR count). The van der Waals surface area contributed by atoms with E-state index >= 15 is 0 Å². The monoisotopic (exact) mass is 405 g/mol. The van der Waals surface area contributed by atoms with Gasteiger partial charge in [-0.2, -0.15) is 0 Å². The van der Waals surface area contributed by atoms with E-state index in [9.17, 15) is 18.8 Å². The molecule has 0 aliphatic carbocycles. The zero-order chi connectivity index (χ0) is 21.3. The standard InChI is InChI=1S/C20H24FN3O5/c1-20(2,3)29-18(26)22(4)17-12-24(19(27)28-17)13-5-6-16(15(21)11-13)23-9-7-14(25)8-10-23/h5-7,9,11,17H,8,10,12H2,1-4H3/t17-/m0/s1. The lowest BCUT2D eigenvalue weighted by atomic mass is 10.1. The van der Waals surface area contributed by atoms with Crippen LogP contribution in [-0.4, -0.2) is 54.8 Å². The molecule has 2 aliphatic rings. The van der Waals surface area contributed by atoms with Gasteiger partial charge in [-0.15, -0.1) is 0 Å². The fourth-order valence-electron chi connectivity index (χ4n) is 2.97. The number of allylic oxidation sites excluding steroid dienone is 1. The molecule has 1 fully saturated rings. The average Bonchev–Trinajstić information content (AvgIpc) is 3.02. The van der Waals surface area contributed by atoms with E-state index < -0.39 is 29.8 Å². The van der Waals surface area contributed by atoms with Crippen molar-refractivity contribution in [2.45, 2.75) is 39.0 Å². The van der Waals surface area contributed by atoms with Crippen LogP contribution in [0.15, 0.2) is 30.5 Å². The SMILES string of the molecule is CN(C(=O)OC(C)(C)C)[C@@H]1CN(c2ccc(N3C=CC(=O)CC3)c(F)c2)C(=O)O1. The smallest absolute Gasteiger partial charge is 0.416 e. The minimum absolute atomic E-state index is 0.00163. The predicted octanol–water partition coefficient (Wildman–Crippen LogP) is 3.27. The summed E-state index contributed by atoms with van der Waals surface area (Å²) in [6.07, 6.45) is 1.11. The highest BCUT2D eigenvalue weighted by molar-refractivity contribution is 5.92.